The third-order valence-electron chi connectivity index (χ3n) is 6.37. The lowest BCUT2D eigenvalue weighted by molar-refractivity contribution is -0.120. The van der Waals surface area contributed by atoms with Gasteiger partial charge in [-0.3, -0.25) is 10.1 Å². The SMILES string of the molecule is CCc1nnc(NC(=O)[C@H]2Cc3ccccc3CN2S(=O)(=O)c2c(C)c(C)cc(C)c2C)s1. The summed E-state index contributed by atoms with van der Waals surface area (Å²) in [5, 5.41) is 12.1. The third-order valence-corrected chi connectivity index (χ3v) is 9.48. The second kappa shape index (κ2) is 8.96. The molecule has 1 aromatic heterocycles. The fourth-order valence-corrected chi connectivity index (χ4v) is 7.12. The molecule has 0 saturated carbocycles. The molecule has 1 amide bonds. The molecule has 1 aliphatic heterocycles. The Balaban J connectivity index is 1.79. The first kappa shape index (κ1) is 23.5. The highest BCUT2D eigenvalue weighted by Crippen LogP contribution is 2.34. The van der Waals surface area contributed by atoms with Crippen LogP contribution in [0.25, 0.3) is 0 Å². The lowest BCUT2D eigenvalue weighted by Gasteiger charge is -2.35. The van der Waals surface area contributed by atoms with E-state index in [9.17, 15) is 13.2 Å². The van der Waals surface area contributed by atoms with E-state index in [0.717, 1.165) is 33.7 Å². The molecule has 174 valence electrons. The second-order valence-electron chi connectivity index (χ2n) is 8.47. The average Bonchev–Trinajstić information content (AvgIpc) is 3.24. The zero-order valence-corrected chi connectivity index (χ0v) is 21.1. The number of nitrogens with one attached hydrogen (secondary N) is 1. The summed E-state index contributed by atoms with van der Waals surface area (Å²) in [6, 6.07) is 8.79. The fraction of sp³-hybridized carbons (Fsp3) is 0.375. The van der Waals surface area contributed by atoms with Crippen LogP contribution < -0.4 is 5.32 Å². The van der Waals surface area contributed by atoms with E-state index in [0.29, 0.717) is 27.6 Å². The molecule has 0 radical (unpaired) electrons. The molecule has 2 heterocycles. The lowest BCUT2D eigenvalue weighted by atomic mass is 9.95. The maximum absolute atomic E-state index is 14.1. The Bertz CT molecular complexity index is 1310. The number of fused-ring (bicyclic) bond motifs is 1. The number of rotatable bonds is 5. The van der Waals surface area contributed by atoms with Gasteiger partial charge in [-0.1, -0.05) is 48.6 Å². The van der Waals surface area contributed by atoms with Crippen LogP contribution in [0.1, 0.15) is 45.3 Å². The van der Waals surface area contributed by atoms with Gasteiger partial charge in [0.1, 0.15) is 11.0 Å². The van der Waals surface area contributed by atoms with Crippen LogP contribution >= 0.6 is 11.3 Å². The van der Waals surface area contributed by atoms with Crippen molar-refractivity contribution in [2.75, 3.05) is 5.32 Å². The maximum Gasteiger partial charge on any atom is 0.245 e. The van der Waals surface area contributed by atoms with Crippen LogP contribution in [-0.2, 0) is 34.2 Å². The summed E-state index contributed by atoms with van der Waals surface area (Å²) in [7, 11) is -3.96. The molecule has 33 heavy (non-hydrogen) atoms. The fourth-order valence-electron chi connectivity index (χ4n) is 4.30. The van der Waals surface area contributed by atoms with Crippen molar-refractivity contribution in [1.29, 1.82) is 0 Å². The van der Waals surface area contributed by atoms with Crippen molar-refractivity contribution in [3.8, 4) is 0 Å². The Labute approximate surface area is 198 Å². The van der Waals surface area contributed by atoms with E-state index in [-0.39, 0.29) is 6.54 Å². The molecule has 1 atom stereocenters. The number of carbonyl (C=O) groups is 1. The molecule has 0 unspecified atom stereocenters. The van der Waals surface area contributed by atoms with Crippen LogP contribution in [-0.4, -0.2) is 34.9 Å². The number of nitrogens with zero attached hydrogens (tertiary/aromatic N) is 3. The van der Waals surface area contributed by atoms with Crippen LogP contribution in [0.5, 0.6) is 0 Å². The van der Waals surface area contributed by atoms with Crippen LogP contribution in [0.3, 0.4) is 0 Å². The first-order chi connectivity index (χ1) is 15.6. The summed E-state index contributed by atoms with van der Waals surface area (Å²) in [4.78, 5) is 13.7. The van der Waals surface area contributed by atoms with Crippen LogP contribution in [0.15, 0.2) is 35.2 Å². The Morgan fingerprint density at radius 3 is 2.33 bits per heavy atom. The number of hydrogen-bond acceptors (Lipinski definition) is 6. The van der Waals surface area contributed by atoms with E-state index in [1.54, 1.807) is 0 Å². The van der Waals surface area contributed by atoms with Crippen LogP contribution in [0.2, 0.25) is 0 Å². The summed E-state index contributed by atoms with van der Waals surface area (Å²) in [5.41, 5.74) is 5.14. The third kappa shape index (κ3) is 4.32. The van der Waals surface area contributed by atoms with Gasteiger partial charge in [0.05, 0.1) is 4.90 Å². The van der Waals surface area contributed by atoms with Crippen molar-refractivity contribution in [1.82, 2.24) is 14.5 Å². The van der Waals surface area contributed by atoms with E-state index >= 15 is 0 Å². The highest BCUT2D eigenvalue weighted by molar-refractivity contribution is 7.89. The van der Waals surface area contributed by atoms with Gasteiger partial charge < -0.3 is 0 Å². The summed E-state index contributed by atoms with van der Waals surface area (Å²) >= 11 is 1.30. The number of anilines is 1. The van der Waals surface area contributed by atoms with Gasteiger partial charge in [-0.15, -0.1) is 10.2 Å². The highest BCUT2D eigenvalue weighted by atomic mass is 32.2. The van der Waals surface area contributed by atoms with Gasteiger partial charge in [0.15, 0.2) is 0 Å². The van der Waals surface area contributed by atoms with Gasteiger partial charge in [-0.2, -0.15) is 4.31 Å². The van der Waals surface area contributed by atoms with Crippen LogP contribution in [0, 0.1) is 27.7 Å². The minimum atomic E-state index is -3.96. The van der Waals surface area contributed by atoms with Crippen molar-refractivity contribution in [3.63, 3.8) is 0 Å². The highest BCUT2D eigenvalue weighted by Gasteiger charge is 2.41. The number of aryl methyl sites for hydroxylation is 3. The summed E-state index contributed by atoms with van der Waals surface area (Å²) in [6.07, 6.45) is 1.01. The molecule has 2 aromatic carbocycles. The van der Waals surface area contributed by atoms with Crippen molar-refractivity contribution >= 4 is 32.4 Å². The minimum absolute atomic E-state index is 0.138. The molecular formula is C24H28N4O3S2. The van der Waals surface area contributed by atoms with E-state index in [4.69, 9.17) is 0 Å². The molecule has 1 N–H and O–H groups in total. The number of sulfonamides is 1. The van der Waals surface area contributed by atoms with Gasteiger partial charge in [0.25, 0.3) is 0 Å². The smallest absolute Gasteiger partial charge is 0.245 e. The first-order valence-electron chi connectivity index (χ1n) is 10.9. The Kier molecular flexibility index (Phi) is 6.39. The number of aromatic nitrogens is 2. The molecule has 0 fully saturated rings. The molecule has 0 aliphatic carbocycles. The van der Waals surface area contributed by atoms with E-state index < -0.39 is 22.0 Å². The molecule has 3 aromatic rings. The molecule has 7 nitrogen and oxygen atoms in total. The molecule has 0 saturated heterocycles. The van der Waals surface area contributed by atoms with Gasteiger partial charge in [0.2, 0.25) is 21.1 Å². The summed E-state index contributed by atoms with van der Waals surface area (Å²) in [6.45, 7) is 9.59. The summed E-state index contributed by atoms with van der Waals surface area (Å²) < 4.78 is 29.5. The van der Waals surface area contributed by atoms with E-state index in [1.807, 2.05) is 65.0 Å². The topological polar surface area (TPSA) is 92.3 Å². The summed E-state index contributed by atoms with van der Waals surface area (Å²) in [5.74, 6) is -0.397. The molecule has 9 heteroatoms. The lowest BCUT2D eigenvalue weighted by Crippen LogP contribution is -2.50. The maximum atomic E-state index is 14.1. The van der Waals surface area contributed by atoms with Crippen LogP contribution in [0.4, 0.5) is 5.13 Å². The van der Waals surface area contributed by atoms with Gasteiger partial charge in [-0.05, 0) is 73.9 Å². The predicted molar refractivity (Wildman–Crippen MR) is 130 cm³/mol. The zero-order valence-electron chi connectivity index (χ0n) is 19.5. The Hall–Kier alpha value is -2.62. The molecule has 4 rings (SSSR count). The number of amides is 1. The molecule has 0 bridgehead atoms. The van der Waals surface area contributed by atoms with E-state index in [2.05, 4.69) is 15.5 Å². The van der Waals surface area contributed by atoms with Gasteiger partial charge >= 0.3 is 0 Å². The minimum Gasteiger partial charge on any atom is -0.299 e. The van der Waals surface area contributed by atoms with Gasteiger partial charge in [0, 0.05) is 6.54 Å². The normalized spacial score (nSPS) is 16.5. The number of hydrogen-bond donors (Lipinski definition) is 1. The van der Waals surface area contributed by atoms with Crippen molar-refractivity contribution in [2.45, 2.75) is 64.9 Å². The predicted octanol–water partition coefficient (Wildman–Crippen LogP) is 4.09. The van der Waals surface area contributed by atoms with Crippen molar-refractivity contribution < 1.29 is 13.2 Å². The average molecular weight is 485 g/mol. The Morgan fingerprint density at radius 1 is 1.09 bits per heavy atom. The second-order valence-corrected chi connectivity index (χ2v) is 11.4. The van der Waals surface area contributed by atoms with Crippen molar-refractivity contribution in [2.24, 2.45) is 0 Å². The molecule has 1 aliphatic rings. The number of carbonyl (C=O) groups excluding carboxylic acids is 1. The first-order valence-corrected chi connectivity index (χ1v) is 13.2. The Morgan fingerprint density at radius 2 is 1.73 bits per heavy atom. The van der Waals surface area contributed by atoms with Crippen molar-refractivity contribution in [3.05, 3.63) is 68.7 Å². The molecule has 0 spiro atoms. The quantitative estimate of drug-likeness (QED) is 0.589. The standard InChI is InChI=1S/C24H28N4O3S2/c1-6-21-26-27-24(32-21)25-23(29)20-12-18-9-7-8-10-19(18)13-28(20)33(30,31)22-16(4)14(2)11-15(3)17(22)5/h7-11,20H,6,12-13H2,1-5H3,(H,25,27,29)/t20-/m1/s1. The zero-order chi connectivity index (χ0) is 23.9. The molecular weight excluding hydrogens is 456 g/mol. The largest absolute Gasteiger partial charge is 0.299 e. The monoisotopic (exact) mass is 484 g/mol. The number of benzene rings is 2. The van der Waals surface area contributed by atoms with Gasteiger partial charge in [-0.25, -0.2) is 8.42 Å². The van der Waals surface area contributed by atoms with E-state index in [1.165, 1.54) is 15.6 Å².